The molecule has 5 nitrogen and oxygen atoms in total. The fourth-order valence-corrected chi connectivity index (χ4v) is 5.27. The normalized spacial score (nSPS) is 27.5. The second-order valence-electron chi connectivity index (χ2n) is 7.61. The summed E-state index contributed by atoms with van der Waals surface area (Å²) in [5, 5.41) is 5.06. The highest BCUT2D eigenvalue weighted by Gasteiger charge is 2.63. The first kappa shape index (κ1) is 18.1. The third-order valence-electron chi connectivity index (χ3n) is 5.98. The second kappa shape index (κ2) is 6.56. The lowest BCUT2D eigenvalue weighted by atomic mass is 9.89. The molecule has 0 unspecified atom stereocenters. The van der Waals surface area contributed by atoms with Crippen LogP contribution in [-0.4, -0.2) is 41.0 Å². The standard InChI is InChI=1S/C21H19Cl2N3O2/c1-12-3-5-13(6-4-12)18-17-19(25-10-2-9-24(18)25)21(28)26(20(17)27)16-8-7-14(22)11-15(16)23/h3-8,11,17-19H,2,9-10H2,1H3/t17-,18-,19+/m0/s1. The monoisotopic (exact) mass is 415 g/mol. The van der Waals surface area contributed by atoms with Gasteiger partial charge in [0.1, 0.15) is 6.04 Å². The summed E-state index contributed by atoms with van der Waals surface area (Å²) in [6, 6.07) is 12.5. The summed E-state index contributed by atoms with van der Waals surface area (Å²) in [7, 11) is 0. The summed E-state index contributed by atoms with van der Waals surface area (Å²) >= 11 is 12.3. The number of imide groups is 1. The Bertz CT molecular complexity index is 978. The Kier molecular flexibility index (Phi) is 4.25. The van der Waals surface area contributed by atoms with Gasteiger partial charge in [0, 0.05) is 18.1 Å². The zero-order valence-electron chi connectivity index (χ0n) is 15.3. The second-order valence-corrected chi connectivity index (χ2v) is 8.46. The van der Waals surface area contributed by atoms with E-state index in [4.69, 9.17) is 23.2 Å². The van der Waals surface area contributed by atoms with Gasteiger partial charge < -0.3 is 0 Å². The van der Waals surface area contributed by atoms with Crippen LogP contribution in [0.25, 0.3) is 0 Å². The van der Waals surface area contributed by atoms with Crippen LogP contribution in [0.15, 0.2) is 42.5 Å². The minimum atomic E-state index is -0.479. The van der Waals surface area contributed by atoms with E-state index in [1.165, 1.54) is 10.5 Å². The number of hydrogen-bond acceptors (Lipinski definition) is 4. The Hall–Kier alpha value is -1.92. The molecule has 2 amide bonds. The smallest absolute Gasteiger partial charge is 0.253 e. The summed E-state index contributed by atoms with van der Waals surface area (Å²) in [6.45, 7) is 3.68. The van der Waals surface area contributed by atoms with E-state index in [0.29, 0.717) is 15.7 Å². The fraction of sp³-hybridized carbons (Fsp3) is 0.333. The Morgan fingerprint density at radius 2 is 1.57 bits per heavy atom. The summed E-state index contributed by atoms with van der Waals surface area (Å²) in [5.74, 6) is -0.845. The van der Waals surface area contributed by atoms with Crippen molar-refractivity contribution >= 4 is 40.7 Å². The van der Waals surface area contributed by atoms with Gasteiger partial charge in [-0.1, -0.05) is 53.0 Å². The molecule has 28 heavy (non-hydrogen) atoms. The molecule has 0 saturated carbocycles. The van der Waals surface area contributed by atoms with E-state index < -0.39 is 12.0 Å². The number of benzene rings is 2. The highest BCUT2D eigenvalue weighted by Crippen LogP contribution is 2.49. The largest absolute Gasteiger partial charge is 0.274 e. The molecule has 144 valence electrons. The molecule has 2 aromatic rings. The minimum absolute atomic E-state index is 0.138. The van der Waals surface area contributed by atoms with Crippen molar-refractivity contribution in [1.29, 1.82) is 0 Å². The number of carbonyl (C=O) groups is 2. The van der Waals surface area contributed by atoms with Crippen LogP contribution in [0.3, 0.4) is 0 Å². The molecule has 0 radical (unpaired) electrons. The van der Waals surface area contributed by atoms with E-state index in [1.807, 2.05) is 6.92 Å². The molecule has 0 N–H and O–H groups in total. The van der Waals surface area contributed by atoms with Gasteiger partial charge in [0.25, 0.3) is 5.91 Å². The number of hydrazine groups is 1. The van der Waals surface area contributed by atoms with Gasteiger partial charge in [-0.25, -0.2) is 14.9 Å². The van der Waals surface area contributed by atoms with Gasteiger partial charge in [-0.05, 0) is 37.1 Å². The van der Waals surface area contributed by atoms with Crippen molar-refractivity contribution in [2.45, 2.75) is 25.4 Å². The van der Waals surface area contributed by atoms with E-state index in [2.05, 4.69) is 34.3 Å². The number of carbonyl (C=O) groups excluding carboxylic acids is 2. The van der Waals surface area contributed by atoms with Gasteiger partial charge in [-0.15, -0.1) is 0 Å². The van der Waals surface area contributed by atoms with Crippen LogP contribution in [0.2, 0.25) is 10.0 Å². The molecule has 3 heterocycles. The van der Waals surface area contributed by atoms with Crippen molar-refractivity contribution in [3.63, 3.8) is 0 Å². The number of fused-ring (bicyclic) bond motifs is 3. The molecular formula is C21H19Cl2N3O2. The first-order chi connectivity index (χ1) is 13.5. The van der Waals surface area contributed by atoms with Crippen molar-refractivity contribution in [1.82, 2.24) is 10.0 Å². The number of anilines is 1. The van der Waals surface area contributed by atoms with Crippen LogP contribution in [-0.2, 0) is 9.59 Å². The van der Waals surface area contributed by atoms with Gasteiger partial charge in [-0.3, -0.25) is 9.59 Å². The van der Waals surface area contributed by atoms with E-state index in [9.17, 15) is 9.59 Å². The molecule has 0 spiro atoms. The SMILES string of the molecule is Cc1ccc([C@H]2[C@@H]3C(=O)N(c4ccc(Cl)cc4Cl)C(=O)[C@@H]3N3CCCN23)cc1. The third-order valence-corrected chi connectivity index (χ3v) is 6.51. The summed E-state index contributed by atoms with van der Waals surface area (Å²) in [5.41, 5.74) is 2.64. The van der Waals surface area contributed by atoms with Gasteiger partial charge >= 0.3 is 0 Å². The van der Waals surface area contributed by atoms with E-state index in [0.717, 1.165) is 25.1 Å². The Morgan fingerprint density at radius 3 is 2.25 bits per heavy atom. The Morgan fingerprint density at radius 1 is 0.893 bits per heavy atom. The predicted molar refractivity (Wildman–Crippen MR) is 108 cm³/mol. The van der Waals surface area contributed by atoms with Crippen LogP contribution >= 0.6 is 23.2 Å². The van der Waals surface area contributed by atoms with E-state index >= 15 is 0 Å². The van der Waals surface area contributed by atoms with Crippen LogP contribution in [0.1, 0.15) is 23.6 Å². The number of rotatable bonds is 2. The van der Waals surface area contributed by atoms with Crippen molar-refractivity contribution in [3.05, 3.63) is 63.6 Å². The maximum Gasteiger partial charge on any atom is 0.253 e. The molecule has 0 aromatic heterocycles. The zero-order chi connectivity index (χ0) is 19.6. The number of amides is 2. The maximum atomic E-state index is 13.5. The first-order valence-electron chi connectivity index (χ1n) is 9.40. The molecule has 0 aliphatic carbocycles. The minimum Gasteiger partial charge on any atom is -0.274 e. The lowest BCUT2D eigenvalue weighted by molar-refractivity contribution is -0.126. The highest BCUT2D eigenvalue weighted by molar-refractivity contribution is 6.38. The number of aryl methyl sites for hydroxylation is 1. The van der Waals surface area contributed by atoms with Crippen LogP contribution < -0.4 is 4.90 Å². The number of halogens is 2. The molecule has 3 saturated heterocycles. The summed E-state index contributed by atoms with van der Waals surface area (Å²) in [6.07, 6.45) is 0.981. The van der Waals surface area contributed by atoms with Crippen molar-refractivity contribution in [3.8, 4) is 0 Å². The molecule has 3 fully saturated rings. The summed E-state index contributed by atoms with van der Waals surface area (Å²) < 4.78 is 0. The summed E-state index contributed by atoms with van der Waals surface area (Å²) in [4.78, 5) is 28.1. The van der Waals surface area contributed by atoms with Crippen molar-refractivity contribution in [2.24, 2.45) is 5.92 Å². The molecule has 5 rings (SSSR count). The van der Waals surface area contributed by atoms with E-state index in [-0.39, 0.29) is 17.9 Å². The van der Waals surface area contributed by atoms with Crippen LogP contribution in [0.4, 0.5) is 5.69 Å². The molecule has 3 aliphatic rings. The van der Waals surface area contributed by atoms with Crippen molar-refractivity contribution in [2.75, 3.05) is 18.0 Å². The Labute approximate surface area is 173 Å². The van der Waals surface area contributed by atoms with E-state index in [1.54, 1.807) is 18.2 Å². The molecule has 3 atom stereocenters. The van der Waals surface area contributed by atoms with Crippen molar-refractivity contribution < 1.29 is 9.59 Å². The number of nitrogens with zero attached hydrogens (tertiary/aromatic N) is 3. The average molecular weight is 416 g/mol. The van der Waals surface area contributed by atoms with Gasteiger partial charge in [0.15, 0.2) is 0 Å². The topological polar surface area (TPSA) is 43.9 Å². The Balaban J connectivity index is 1.59. The van der Waals surface area contributed by atoms with Gasteiger partial charge in [-0.2, -0.15) is 0 Å². The van der Waals surface area contributed by atoms with Gasteiger partial charge in [0.2, 0.25) is 5.91 Å². The quantitative estimate of drug-likeness (QED) is 0.698. The fourth-order valence-electron chi connectivity index (χ4n) is 4.78. The van der Waals surface area contributed by atoms with Crippen LogP contribution in [0.5, 0.6) is 0 Å². The molecule has 2 aromatic carbocycles. The zero-order valence-corrected chi connectivity index (χ0v) is 16.8. The van der Waals surface area contributed by atoms with Gasteiger partial charge in [0.05, 0.1) is 22.7 Å². The lowest BCUT2D eigenvalue weighted by Crippen LogP contribution is -2.44. The first-order valence-corrected chi connectivity index (χ1v) is 10.2. The molecule has 0 bridgehead atoms. The highest BCUT2D eigenvalue weighted by atomic mass is 35.5. The third kappa shape index (κ3) is 2.54. The predicted octanol–water partition coefficient (Wildman–Crippen LogP) is 3.84. The average Bonchev–Trinajstić information content (AvgIpc) is 3.30. The molecule has 3 aliphatic heterocycles. The molecule has 7 heteroatoms. The van der Waals surface area contributed by atoms with Crippen LogP contribution in [0, 0.1) is 12.8 Å². The lowest BCUT2D eigenvalue weighted by Gasteiger charge is -2.30. The maximum absolute atomic E-state index is 13.5. The number of hydrogen-bond donors (Lipinski definition) is 0. The molecular weight excluding hydrogens is 397 g/mol.